The van der Waals surface area contributed by atoms with Crippen LogP contribution >= 0.6 is 11.8 Å². The van der Waals surface area contributed by atoms with Gasteiger partial charge in [0.25, 0.3) is 0 Å². The number of hydrogen-bond donors (Lipinski definition) is 1. The standard InChI is InChI=1S/C15H19N3O2S/c1-11(20-13-7-5-4-6-12(13)19-2)10-16-14-8-9-15(21-3)18-17-14/h4-9,11H,10H2,1-3H3,(H,16,17). The maximum Gasteiger partial charge on any atom is 0.161 e. The van der Waals surface area contributed by atoms with Crippen molar-refractivity contribution in [2.75, 3.05) is 25.2 Å². The summed E-state index contributed by atoms with van der Waals surface area (Å²) in [5, 5.41) is 12.3. The first-order chi connectivity index (χ1) is 10.2. The maximum atomic E-state index is 5.86. The number of para-hydroxylation sites is 2. The predicted molar refractivity (Wildman–Crippen MR) is 85.4 cm³/mol. The van der Waals surface area contributed by atoms with E-state index >= 15 is 0 Å². The smallest absolute Gasteiger partial charge is 0.161 e. The SMILES string of the molecule is COc1ccccc1OC(C)CNc1ccc(SC)nn1. The molecule has 0 aliphatic heterocycles. The number of ether oxygens (including phenoxy) is 2. The second-order valence-electron chi connectivity index (χ2n) is 4.42. The number of methoxy groups -OCH3 is 1. The Morgan fingerprint density at radius 1 is 1.14 bits per heavy atom. The predicted octanol–water partition coefficient (Wildman–Crippen LogP) is 3.09. The summed E-state index contributed by atoms with van der Waals surface area (Å²) in [6.07, 6.45) is 1.95. The maximum absolute atomic E-state index is 5.86. The summed E-state index contributed by atoms with van der Waals surface area (Å²) in [5.41, 5.74) is 0. The van der Waals surface area contributed by atoms with Gasteiger partial charge in [0.2, 0.25) is 0 Å². The zero-order valence-electron chi connectivity index (χ0n) is 12.4. The van der Waals surface area contributed by atoms with Crippen LogP contribution in [0.5, 0.6) is 11.5 Å². The lowest BCUT2D eigenvalue weighted by Gasteiger charge is -2.17. The zero-order chi connectivity index (χ0) is 15.1. The molecule has 0 bridgehead atoms. The van der Waals surface area contributed by atoms with E-state index in [9.17, 15) is 0 Å². The van der Waals surface area contributed by atoms with E-state index in [0.717, 1.165) is 22.3 Å². The number of hydrogen-bond acceptors (Lipinski definition) is 6. The Morgan fingerprint density at radius 2 is 1.90 bits per heavy atom. The van der Waals surface area contributed by atoms with Crippen molar-refractivity contribution in [3.05, 3.63) is 36.4 Å². The average molecular weight is 305 g/mol. The number of nitrogens with zero attached hydrogens (tertiary/aromatic N) is 2. The highest BCUT2D eigenvalue weighted by atomic mass is 32.2. The summed E-state index contributed by atoms with van der Waals surface area (Å²) in [6, 6.07) is 11.5. The molecule has 0 fully saturated rings. The molecular weight excluding hydrogens is 286 g/mol. The molecule has 1 atom stereocenters. The van der Waals surface area contributed by atoms with Gasteiger partial charge >= 0.3 is 0 Å². The molecule has 6 heteroatoms. The minimum atomic E-state index is -0.0247. The average Bonchev–Trinajstić information content (AvgIpc) is 2.54. The van der Waals surface area contributed by atoms with Gasteiger partial charge in [0.15, 0.2) is 11.5 Å². The third-order valence-corrected chi connectivity index (χ3v) is 3.45. The highest BCUT2D eigenvalue weighted by molar-refractivity contribution is 7.98. The van der Waals surface area contributed by atoms with E-state index in [4.69, 9.17) is 9.47 Å². The molecule has 1 aromatic heterocycles. The fraction of sp³-hybridized carbons (Fsp3) is 0.333. The molecular formula is C15H19N3O2S. The van der Waals surface area contributed by atoms with E-state index in [1.165, 1.54) is 0 Å². The fourth-order valence-electron chi connectivity index (χ4n) is 1.75. The molecule has 0 saturated heterocycles. The van der Waals surface area contributed by atoms with Crippen molar-refractivity contribution in [3.8, 4) is 11.5 Å². The zero-order valence-corrected chi connectivity index (χ0v) is 13.2. The van der Waals surface area contributed by atoms with Gasteiger partial charge < -0.3 is 14.8 Å². The Kier molecular flexibility index (Phi) is 5.68. The third-order valence-electron chi connectivity index (χ3n) is 2.82. The highest BCUT2D eigenvalue weighted by Crippen LogP contribution is 2.26. The first kappa shape index (κ1) is 15.4. The summed E-state index contributed by atoms with van der Waals surface area (Å²) in [4.78, 5) is 0. The number of anilines is 1. The lowest BCUT2D eigenvalue weighted by atomic mass is 10.3. The number of nitrogens with one attached hydrogen (secondary N) is 1. The molecule has 2 aromatic rings. The number of thioether (sulfide) groups is 1. The van der Waals surface area contributed by atoms with E-state index in [2.05, 4.69) is 15.5 Å². The van der Waals surface area contributed by atoms with Crippen molar-refractivity contribution < 1.29 is 9.47 Å². The second kappa shape index (κ2) is 7.73. The van der Waals surface area contributed by atoms with Crippen molar-refractivity contribution in [2.24, 2.45) is 0 Å². The van der Waals surface area contributed by atoms with E-state index in [1.807, 2.05) is 49.6 Å². The van der Waals surface area contributed by atoms with Crippen LogP contribution in [0.25, 0.3) is 0 Å². The van der Waals surface area contributed by atoms with Crippen molar-refractivity contribution in [2.45, 2.75) is 18.1 Å². The van der Waals surface area contributed by atoms with Crippen LogP contribution in [0, 0.1) is 0 Å². The van der Waals surface area contributed by atoms with Crippen LogP contribution in [-0.4, -0.2) is 36.2 Å². The van der Waals surface area contributed by atoms with Crippen LogP contribution < -0.4 is 14.8 Å². The molecule has 0 aliphatic carbocycles. The third kappa shape index (κ3) is 4.53. The molecule has 1 aromatic carbocycles. The molecule has 0 radical (unpaired) electrons. The van der Waals surface area contributed by atoms with Crippen molar-refractivity contribution in [3.63, 3.8) is 0 Å². The van der Waals surface area contributed by atoms with Crippen LogP contribution in [0.4, 0.5) is 5.82 Å². The molecule has 0 amide bonds. The van der Waals surface area contributed by atoms with Gasteiger partial charge in [-0.25, -0.2) is 0 Å². The quantitative estimate of drug-likeness (QED) is 0.793. The van der Waals surface area contributed by atoms with Crippen molar-refractivity contribution in [1.29, 1.82) is 0 Å². The Labute approximate surface area is 129 Å². The van der Waals surface area contributed by atoms with E-state index in [0.29, 0.717) is 6.54 Å². The van der Waals surface area contributed by atoms with Crippen LogP contribution in [0.1, 0.15) is 6.92 Å². The van der Waals surface area contributed by atoms with Gasteiger partial charge in [0, 0.05) is 0 Å². The first-order valence-corrected chi connectivity index (χ1v) is 7.86. The van der Waals surface area contributed by atoms with Gasteiger partial charge in [0.1, 0.15) is 16.9 Å². The molecule has 0 saturated carbocycles. The number of rotatable bonds is 7. The number of aromatic nitrogens is 2. The second-order valence-corrected chi connectivity index (χ2v) is 5.25. The number of benzene rings is 1. The molecule has 112 valence electrons. The molecule has 21 heavy (non-hydrogen) atoms. The van der Waals surface area contributed by atoms with Crippen LogP contribution in [0.15, 0.2) is 41.4 Å². The lowest BCUT2D eigenvalue weighted by molar-refractivity contribution is 0.223. The summed E-state index contributed by atoms with van der Waals surface area (Å²) in [5.74, 6) is 2.20. The lowest BCUT2D eigenvalue weighted by Crippen LogP contribution is -2.23. The van der Waals surface area contributed by atoms with Gasteiger partial charge in [-0.1, -0.05) is 12.1 Å². The van der Waals surface area contributed by atoms with E-state index in [-0.39, 0.29) is 6.10 Å². The Morgan fingerprint density at radius 3 is 2.52 bits per heavy atom. The van der Waals surface area contributed by atoms with Crippen molar-refractivity contribution >= 4 is 17.6 Å². The van der Waals surface area contributed by atoms with Crippen LogP contribution in [0.2, 0.25) is 0 Å². The normalized spacial score (nSPS) is 11.8. The summed E-state index contributed by atoms with van der Waals surface area (Å²) in [6.45, 7) is 2.62. The van der Waals surface area contributed by atoms with Crippen LogP contribution in [-0.2, 0) is 0 Å². The highest BCUT2D eigenvalue weighted by Gasteiger charge is 2.08. The molecule has 0 aliphatic rings. The molecule has 0 spiro atoms. The first-order valence-electron chi connectivity index (χ1n) is 6.64. The largest absolute Gasteiger partial charge is 0.493 e. The Bertz CT molecular complexity index is 563. The van der Waals surface area contributed by atoms with Crippen molar-refractivity contribution in [1.82, 2.24) is 10.2 Å². The van der Waals surface area contributed by atoms with Gasteiger partial charge in [-0.15, -0.1) is 22.0 Å². The van der Waals surface area contributed by atoms with Gasteiger partial charge in [-0.3, -0.25) is 0 Å². The van der Waals surface area contributed by atoms with Gasteiger partial charge in [-0.05, 0) is 37.4 Å². The van der Waals surface area contributed by atoms with E-state index < -0.39 is 0 Å². The van der Waals surface area contributed by atoms with Gasteiger partial charge in [-0.2, -0.15) is 0 Å². The molecule has 5 nitrogen and oxygen atoms in total. The monoisotopic (exact) mass is 305 g/mol. The molecule has 1 unspecified atom stereocenters. The van der Waals surface area contributed by atoms with E-state index in [1.54, 1.807) is 18.9 Å². The van der Waals surface area contributed by atoms with Gasteiger partial charge in [0.05, 0.1) is 13.7 Å². The summed E-state index contributed by atoms with van der Waals surface area (Å²) >= 11 is 1.57. The molecule has 1 N–H and O–H groups in total. The topological polar surface area (TPSA) is 56.3 Å². The summed E-state index contributed by atoms with van der Waals surface area (Å²) < 4.78 is 11.1. The minimum Gasteiger partial charge on any atom is -0.493 e. The minimum absolute atomic E-state index is 0.0247. The Hall–Kier alpha value is -1.95. The fourth-order valence-corrected chi connectivity index (χ4v) is 2.07. The molecule has 2 rings (SSSR count). The summed E-state index contributed by atoms with van der Waals surface area (Å²) in [7, 11) is 1.63. The van der Waals surface area contributed by atoms with Crippen LogP contribution in [0.3, 0.4) is 0 Å². The Balaban J connectivity index is 1.87. The molecule has 1 heterocycles.